The number of benzene rings is 2. The lowest BCUT2D eigenvalue weighted by Gasteiger charge is -2.04. The van der Waals surface area contributed by atoms with E-state index in [4.69, 9.17) is 20.8 Å². The first-order valence-corrected chi connectivity index (χ1v) is 7.54. The molecule has 122 valence electrons. The second-order valence-electron chi connectivity index (χ2n) is 4.92. The summed E-state index contributed by atoms with van der Waals surface area (Å²) in [6.07, 6.45) is 0. The third-order valence-corrected chi connectivity index (χ3v) is 3.67. The maximum Gasteiger partial charge on any atom is 0.309 e. The lowest BCUT2D eigenvalue weighted by molar-refractivity contribution is 0.0917. The highest BCUT2D eigenvalue weighted by Crippen LogP contribution is 2.26. The van der Waals surface area contributed by atoms with E-state index in [0.29, 0.717) is 17.1 Å². The summed E-state index contributed by atoms with van der Waals surface area (Å²) in [7, 11) is 1.60. The van der Waals surface area contributed by atoms with Crippen LogP contribution in [0.1, 0.15) is 16.2 Å². The number of aromatic nitrogens is 2. The number of amides is 1. The number of carbonyl (C=O) groups is 1. The van der Waals surface area contributed by atoms with Crippen LogP contribution in [-0.4, -0.2) is 23.2 Å². The highest BCUT2D eigenvalue weighted by atomic mass is 35.5. The molecular formula is C17H14ClN3O3. The molecule has 1 heterocycles. The number of nitrogens with one attached hydrogen (secondary N) is 1. The van der Waals surface area contributed by atoms with Gasteiger partial charge in [0.15, 0.2) is 0 Å². The van der Waals surface area contributed by atoms with Crippen molar-refractivity contribution in [3.63, 3.8) is 0 Å². The van der Waals surface area contributed by atoms with Crippen LogP contribution in [0, 0.1) is 0 Å². The molecule has 1 N–H and O–H groups in total. The number of halogens is 1. The second-order valence-corrected chi connectivity index (χ2v) is 5.33. The topological polar surface area (TPSA) is 77.2 Å². The lowest BCUT2D eigenvalue weighted by Crippen LogP contribution is -2.23. The van der Waals surface area contributed by atoms with E-state index in [0.717, 1.165) is 11.3 Å². The maximum absolute atomic E-state index is 12.1. The summed E-state index contributed by atoms with van der Waals surface area (Å²) in [5, 5.41) is 10.8. The van der Waals surface area contributed by atoms with Crippen LogP contribution < -0.4 is 10.1 Å². The summed E-state index contributed by atoms with van der Waals surface area (Å²) in [5.41, 5.74) is 1.51. The van der Waals surface area contributed by atoms with Gasteiger partial charge in [0.05, 0.1) is 17.7 Å². The zero-order chi connectivity index (χ0) is 16.9. The standard InChI is InChI=1S/C17H14ClN3O3/c1-23-12-8-6-11(7-9-12)10-19-15(22)17-21-20-16(24-17)13-4-2-3-5-14(13)18/h2-9H,10H2,1H3,(H,19,22). The van der Waals surface area contributed by atoms with Crippen LogP contribution in [0.5, 0.6) is 5.75 Å². The Balaban J connectivity index is 1.66. The van der Waals surface area contributed by atoms with E-state index in [1.54, 1.807) is 31.4 Å². The third kappa shape index (κ3) is 3.55. The molecule has 0 unspecified atom stereocenters. The zero-order valence-electron chi connectivity index (χ0n) is 12.8. The summed E-state index contributed by atoms with van der Waals surface area (Å²) in [6.45, 7) is 0.340. The molecule has 0 aliphatic carbocycles. The van der Waals surface area contributed by atoms with Gasteiger partial charge in [0.2, 0.25) is 5.89 Å². The van der Waals surface area contributed by atoms with Gasteiger partial charge in [0, 0.05) is 6.54 Å². The SMILES string of the molecule is COc1ccc(CNC(=O)c2nnc(-c3ccccc3Cl)o2)cc1. The van der Waals surface area contributed by atoms with Crippen LogP contribution in [0.2, 0.25) is 5.02 Å². The number of methoxy groups -OCH3 is 1. The summed E-state index contributed by atoms with van der Waals surface area (Å²) < 4.78 is 10.5. The minimum absolute atomic E-state index is 0.113. The molecule has 0 aliphatic rings. The van der Waals surface area contributed by atoms with Crippen molar-refractivity contribution in [2.45, 2.75) is 6.54 Å². The summed E-state index contributed by atoms with van der Waals surface area (Å²) in [5.74, 6) is 0.400. The monoisotopic (exact) mass is 343 g/mol. The third-order valence-electron chi connectivity index (χ3n) is 3.34. The molecule has 1 amide bonds. The van der Waals surface area contributed by atoms with Crippen LogP contribution in [0.15, 0.2) is 52.9 Å². The first-order valence-electron chi connectivity index (χ1n) is 7.17. The molecule has 0 atom stereocenters. The Morgan fingerprint density at radius 3 is 2.62 bits per heavy atom. The van der Waals surface area contributed by atoms with Crippen molar-refractivity contribution in [2.24, 2.45) is 0 Å². The molecule has 0 radical (unpaired) electrons. The van der Waals surface area contributed by atoms with Gasteiger partial charge in [0.1, 0.15) is 5.75 Å². The van der Waals surface area contributed by atoms with Gasteiger partial charge in [-0.15, -0.1) is 10.2 Å². The fourth-order valence-electron chi connectivity index (χ4n) is 2.06. The number of carbonyl (C=O) groups excluding carboxylic acids is 1. The van der Waals surface area contributed by atoms with Crippen molar-refractivity contribution < 1.29 is 13.9 Å². The molecule has 0 saturated heterocycles. The Kier molecular flexibility index (Phi) is 4.77. The Morgan fingerprint density at radius 2 is 1.92 bits per heavy atom. The first kappa shape index (κ1) is 16.0. The molecule has 1 aromatic heterocycles. The van der Waals surface area contributed by atoms with Crippen LogP contribution in [0.3, 0.4) is 0 Å². The van der Waals surface area contributed by atoms with E-state index < -0.39 is 5.91 Å². The van der Waals surface area contributed by atoms with E-state index >= 15 is 0 Å². The van der Waals surface area contributed by atoms with E-state index in [1.165, 1.54) is 0 Å². The predicted molar refractivity (Wildman–Crippen MR) is 88.9 cm³/mol. The molecule has 0 bridgehead atoms. The minimum atomic E-state index is -0.448. The molecule has 0 spiro atoms. The summed E-state index contributed by atoms with van der Waals surface area (Å²) in [4.78, 5) is 12.1. The fraction of sp³-hybridized carbons (Fsp3) is 0.118. The highest BCUT2D eigenvalue weighted by molar-refractivity contribution is 6.33. The normalized spacial score (nSPS) is 10.4. The van der Waals surface area contributed by atoms with E-state index in [2.05, 4.69) is 15.5 Å². The smallest absolute Gasteiger partial charge is 0.309 e. The van der Waals surface area contributed by atoms with Crippen LogP contribution in [-0.2, 0) is 6.54 Å². The summed E-state index contributed by atoms with van der Waals surface area (Å²) in [6, 6.07) is 14.4. The quantitative estimate of drug-likeness (QED) is 0.768. The molecule has 24 heavy (non-hydrogen) atoms. The van der Waals surface area contributed by atoms with Gasteiger partial charge in [-0.1, -0.05) is 35.9 Å². The van der Waals surface area contributed by atoms with Crippen molar-refractivity contribution in [1.82, 2.24) is 15.5 Å². The largest absolute Gasteiger partial charge is 0.497 e. The van der Waals surface area contributed by atoms with E-state index in [-0.39, 0.29) is 11.8 Å². The van der Waals surface area contributed by atoms with Crippen LogP contribution >= 0.6 is 11.6 Å². The molecule has 3 rings (SSSR count). The van der Waals surface area contributed by atoms with Crippen LogP contribution in [0.25, 0.3) is 11.5 Å². The molecule has 7 heteroatoms. The van der Waals surface area contributed by atoms with Crippen molar-refractivity contribution in [2.75, 3.05) is 7.11 Å². The van der Waals surface area contributed by atoms with Gasteiger partial charge in [-0.05, 0) is 29.8 Å². The Bertz CT molecular complexity index is 846. The number of rotatable bonds is 5. The average molecular weight is 344 g/mol. The minimum Gasteiger partial charge on any atom is -0.497 e. The molecule has 0 fully saturated rings. The predicted octanol–water partition coefficient (Wildman–Crippen LogP) is 3.33. The highest BCUT2D eigenvalue weighted by Gasteiger charge is 2.17. The maximum atomic E-state index is 12.1. The zero-order valence-corrected chi connectivity index (χ0v) is 13.6. The van der Waals surface area contributed by atoms with Crippen molar-refractivity contribution in [1.29, 1.82) is 0 Å². The van der Waals surface area contributed by atoms with Gasteiger partial charge < -0.3 is 14.5 Å². The van der Waals surface area contributed by atoms with E-state index in [9.17, 15) is 4.79 Å². The van der Waals surface area contributed by atoms with Gasteiger partial charge >= 0.3 is 11.8 Å². The molecule has 6 nitrogen and oxygen atoms in total. The average Bonchev–Trinajstić information content (AvgIpc) is 3.10. The second kappa shape index (κ2) is 7.14. The Labute approximate surface area is 143 Å². The fourth-order valence-corrected chi connectivity index (χ4v) is 2.28. The van der Waals surface area contributed by atoms with Gasteiger partial charge in [-0.25, -0.2) is 0 Å². The van der Waals surface area contributed by atoms with Gasteiger partial charge in [-0.2, -0.15) is 0 Å². The number of nitrogens with zero attached hydrogens (tertiary/aromatic N) is 2. The summed E-state index contributed by atoms with van der Waals surface area (Å²) >= 11 is 6.07. The molecule has 3 aromatic rings. The Hall–Kier alpha value is -2.86. The lowest BCUT2D eigenvalue weighted by atomic mass is 10.2. The molecular weight excluding hydrogens is 330 g/mol. The van der Waals surface area contributed by atoms with Crippen molar-refractivity contribution >= 4 is 17.5 Å². The number of hydrogen-bond acceptors (Lipinski definition) is 5. The molecule has 2 aromatic carbocycles. The van der Waals surface area contributed by atoms with Crippen LogP contribution in [0.4, 0.5) is 0 Å². The molecule has 0 aliphatic heterocycles. The van der Waals surface area contributed by atoms with Crippen molar-refractivity contribution in [3.05, 3.63) is 65.0 Å². The van der Waals surface area contributed by atoms with Gasteiger partial charge in [-0.3, -0.25) is 4.79 Å². The van der Waals surface area contributed by atoms with E-state index in [1.807, 2.05) is 24.3 Å². The molecule has 0 saturated carbocycles. The van der Waals surface area contributed by atoms with Crippen molar-refractivity contribution in [3.8, 4) is 17.2 Å². The number of hydrogen-bond donors (Lipinski definition) is 1. The number of ether oxygens (including phenoxy) is 1. The van der Waals surface area contributed by atoms with Gasteiger partial charge in [0.25, 0.3) is 0 Å². The Morgan fingerprint density at radius 1 is 1.17 bits per heavy atom. The first-order chi connectivity index (χ1) is 11.7.